The molecule has 0 fully saturated rings. The van der Waals surface area contributed by atoms with E-state index in [1.165, 1.54) is 34.7 Å². The van der Waals surface area contributed by atoms with E-state index in [4.69, 9.17) is 23.5 Å². The van der Waals surface area contributed by atoms with Crippen LogP contribution in [0.1, 0.15) is 36.8 Å². The Kier molecular flexibility index (Phi) is 13.3. The van der Waals surface area contributed by atoms with Crippen LogP contribution < -0.4 is 29.6 Å². The Bertz CT molecular complexity index is 1460. The van der Waals surface area contributed by atoms with Gasteiger partial charge in [-0.25, -0.2) is 0 Å². The van der Waals surface area contributed by atoms with Crippen LogP contribution >= 0.6 is 0 Å². The number of unbranched alkanes of at least 4 members (excludes halogenated alkanes) is 3. The Labute approximate surface area is 255 Å². The molecule has 234 valence electrons. The van der Waals surface area contributed by atoms with Gasteiger partial charge in [-0.1, -0.05) is 61.4 Å². The van der Waals surface area contributed by atoms with E-state index in [0.29, 0.717) is 6.26 Å². The molecule has 0 bridgehead atoms. The maximum Gasteiger partial charge on any atom is 0.261 e. The molecule has 10 heteroatoms. The molecule has 4 rings (SSSR count). The zero-order valence-corrected chi connectivity index (χ0v) is 26.6. The van der Waals surface area contributed by atoms with Gasteiger partial charge in [0, 0.05) is 23.9 Å². The molecule has 0 radical (unpaired) electrons. The van der Waals surface area contributed by atoms with Gasteiger partial charge >= 0.3 is 0 Å². The summed E-state index contributed by atoms with van der Waals surface area (Å²) in [4.78, 5) is 0. The van der Waals surface area contributed by atoms with E-state index in [1.807, 2.05) is 12.1 Å². The number of fused-ring (bicyclic) bond motifs is 2. The number of nitrogens with one attached hydrogen (secondary N) is 2. The number of ether oxygens (including phenoxy) is 4. The molecule has 4 aromatic carbocycles. The fraction of sp³-hybridized carbons (Fsp3) is 0.394. The van der Waals surface area contributed by atoms with Crippen molar-refractivity contribution in [2.24, 2.45) is 0 Å². The van der Waals surface area contributed by atoms with Crippen molar-refractivity contribution in [1.82, 2.24) is 10.6 Å². The molecule has 0 heterocycles. The standard InChI is InChI=1S/C32H40N2O4.CH4O3S/c1-35-29-19-23(25-13-7-9-15-27(25)31(29)37-3)21-33-17-11-5-6-12-18-34-22-24-20-30(36-2)32(38-4)28-16-10-8-14-26(24)28;1-5(2,3)4/h7-10,13-16,19-20,33-34H,5-6,11-12,17-18,21-22H2,1-4H3;1H3,(H,2,3,4). The van der Waals surface area contributed by atoms with Crippen LogP contribution in [0.2, 0.25) is 0 Å². The molecule has 0 amide bonds. The number of methoxy groups -OCH3 is 4. The van der Waals surface area contributed by atoms with Gasteiger partial charge in [-0.15, -0.1) is 0 Å². The second-order valence-electron chi connectivity index (χ2n) is 10.1. The zero-order valence-electron chi connectivity index (χ0n) is 25.7. The van der Waals surface area contributed by atoms with E-state index < -0.39 is 10.1 Å². The molecule has 0 aromatic heterocycles. The zero-order chi connectivity index (χ0) is 31.2. The van der Waals surface area contributed by atoms with Crippen LogP contribution in [0.4, 0.5) is 0 Å². The topological polar surface area (TPSA) is 115 Å². The van der Waals surface area contributed by atoms with Gasteiger partial charge < -0.3 is 29.6 Å². The van der Waals surface area contributed by atoms with Crippen molar-refractivity contribution < 1.29 is 31.9 Å². The molecule has 0 spiro atoms. The lowest BCUT2D eigenvalue weighted by molar-refractivity contribution is 0.358. The molecular weight excluding hydrogens is 568 g/mol. The SMILES string of the molecule is COc1cc(CNCCCCCCNCc2cc(OC)c(OC)c3ccccc23)c2ccccc2c1OC.CS(=O)(=O)O. The van der Waals surface area contributed by atoms with Crippen molar-refractivity contribution in [3.63, 3.8) is 0 Å². The van der Waals surface area contributed by atoms with Crippen molar-refractivity contribution in [2.75, 3.05) is 47.8 Å². The molecule has 3 N–H and O–H groups in total. The highest BCUT2D eigenvalue weighted by Gasteiger charge is 2.14. The molecule has 0 unspecified atom stereocenters. The number of hydrogen-bond acceptors (Lipinski definition) is 8. The first-order valence-corrected chi connectivity index (χ1v) is 16.2. The second-order valence-corrected chi connectivity index (χ2v) is 11.6. The van der Waals surface area contributed by atoms with Crippen molar-refractivity contribution in [1.29, 1.82) is 0 Å². The van der Waals surface area contributed by atoms with Crippen LogP contribution in [0.15, 0.2) is 60.7 Å². The summed E-state index contributed by atoms with van der Waals surface area (Å²) < 4.78 is 48.2. The third-order valence-corrected chi connectivity index (χ3v) is 7.03. The Morgan fingerprint density at radius 3 is 1.28 bits per heavy atom. The summed E-state index contributed by atoms with van der Waals surface area (Å²) in [5.41, 5.74) is 2.45. The van der Waals surface area contributed by atoms with Crippen molar-refractivity contribution in [3.8, 4) is 23.0 Å². The van der Waals surface area contributed by atoms with Gasteiger partial charge in [0.05, 0.1) is 34.7 Å². The molecule has 0 aliphatic heterocycles. The molecule has 0 aliphatic carbocycles. The van der Waals surface area contributed by atoms with Gasteiger partial charge in [0.1, 0.15) is 0 Å². The van der Waals surface area contributed by atoms with Crippen LogP contribution in [0.5, 0.6) is 23.0 Å². The van der Waals surface area contributed by atoms with E-state index in [1.54, 1.807) is 28.4 Å². The summed E-state index contributed by atoms with van der Waals surface area (Å²) >= 11 is 0. The fourth-order valence-electron chi connectivity index (χ4n) is 5.11. The predicted octanol–water partition coefficient (Wildman–Crippen LogP) is 5.97. The number of rotatable bonds is 15. The minimum atomic E-state index is -3.67. The van der Waals surface area contributed by atoms with E-state index in [-0.39, 0.29) is 0 Å². The smallest absolute Gasteiger partial charge is 0.261 e. The van der Waals surface area contributed by atoms with Gasteiger partial charge in [-0.05, 0) is 60.0 Å². The largest absolute Gasteiger partial charge is 0.493 e. The van der Waals surface area contributed by atoms with Crippen LogP contribution in [-0.4, -0.2) is 60.8 Å². The third-order valence-electron chi connectivity index (χ3n) is 7.03. The first-order chi connectivity index (χ1) is 20.7. The normalized spacial score (nSPS) is 11.2. The summed E-state index contributed by atoms with van der Waals surface area (Å²) in [7, 11) is 3.09. The first-order valence-electron chi connectivity index (χ1n) is 14.3. The third kappa shape index (κ3) is 10.00. The van der Waals surface area contributed by atoms with E-state index in [0.717, 1.165) is 72.8 Å². The summed E-state index contributed by atoms with van der Waals surface area (Å²) in [5, 5.41) is 11.8. The minimum Gasteiger partial charge on any atom is -0.493 e. The highest BCUT2D eigenvalue weighted by Crippen LogP contribution is 2.38. The highest BCUT2D eigenvalue weighted by molar-refractivity contribution is 7.85. The van der Waals surface area contributed by atoms with E-state index in [9.17, 15) is 8.42 Å². The second kappa shape index (κ2) is 16.9. The van der Waals surface area contributed by atoms with Crippen molar-refractivity contribution in [2.45, 2.75) is 38.8 Å². The van der Waals surface area contributed by atoms with Crippen LogP contribution in [0, 0.1) is 0 Å². The molecule has 4 aromatic rings. The Morgan fingerprint density at radius 1 is 0.605 bits per heavy atom. The maximum absolute atomic E-state index is 9.19. The molecule has 0 saturated heterocycles. The number of hydrogen-bond donors (Lipinski definition) is 3. The van der Waals surface area contributed by atoms with Gasteiger partial charge in [0.2, 0.25) is 0 Å². The lowest BCUT2D eigenvalue weighted by Gasteiger charge is -2.15. The summed E-state index contributed by atoms with van der Waals surface area (Å²) in [6, 6.07) is 20.8. The maximum atomic E-state index is 9.19. The van der Waals surface area contributed by atoms with E-state index in [2.05, 4.69) is 59.2 Å². The monoisotopic (exact) mass is 612 g/mol. The first kappa shape index (κ1) is 33.9. The highest BCUT2D eigenvalue weighted by atomic mass is 32.2. The van der Waals surface area contributed by atoms with E-state index >= 15 is 0 Å². The van der Waals surface area contributed by atoms with Gasteiger partial charge in [-0.2, -0.15) is 8.42 Å². The quantitative estimate of drug-likeness (QED) is 0.110. The Balaban J connectivity index is 0.000000934. The lowest BCUT2D eigenvalue weighted by atomic mass is 10.0. The lowest BCUT2D eigenvalue weighted by Crippen LogP contribution is -2.16. The van der Waals surface area contributed by atoms with Crippen LogP contribution in [0.25, 0.3) is 21.5 Å². The van der Waals surface area contributed by atoms with Gasteiger partial charge in [-0.3, -0.25) is 4.55 Å². The summed E-state index contributed by atoms with van der Waals surface area (Å²) in [6.07, 6.45) is 5.45. The van der Waals surface area contributed by atoms with Crippen LogP contribution in [0.3, 0.4) is 0 Å². The van der Waals surface area contributed by atoms with Crippen LogP contribution in [-0.2, 0) is 23.2 Å². The molecular formula is C33H44N2O7S. The Morgan fingerprint density at radius 2 is 0.953 bits per heavy atom. The van der Waals surface area contributed by atoms with Gasteiger partial charge in [0.15, 0.2) is 23.0 Å². The van der Waals surface area contributed by atoms with Crippen molar-refractivity contribution in [3.05, 3.63) is 71.8 Å². The minimum absolute atomic E-state index is 0.715. The molecule has 9 nitrogen and oxygen atoms in total. The molecule has 0 atom stereocenters. The average molecular weight is 613 g/mol. The summed E-state index contributed by atoms with van der Waals surface area (Å²) in [5.74, 6) is 3.13. The average Bonchev–Trinajstić information content (AvgIpc) is 3.00. The number of benzene rings is 4. The Hall–Kier alpha value is -3.57. The predicted molar refractivity (Wildman–Crippen MR) is 173 cm³/mol. The fourth-order valence-corrected chi connectivity index (χ4v) is 5.11. The molecule has 43 heavy (non-hydrogen) atoms. The summed E-state index contributed by atoms with van der Waals surface area (Å²) in [6.45, 7) is 3.60. The van der Waals surface area contributed by atoms with Crippen molar-refractivity contribution >= 4 is 31.7 Å². The molecule has 0 saturated carbocycles. The molecule has 0 aliphatic rings. The van der Waals surface area contributed by atoms with Gasteiger partial charge in [0.25, 0.3) is 10.1 Å².